The van der Waals surface area contributed by atoms with Gasteiger partial charge in [0, 0.05) is 18.8 Å². The molecule has 0 aliphatic rings. The van der Waals surface area contributed by atoms with Crippen molar-refractivity contribution in [3.05, 3.63) is 41.7 Å². The highest BCUT2D eigenvalue weighted by atomic mass is 16.5. The molecule has 2 aromatic rings. The van der Waals surface area contributed by atoms with Gasteiger partial charge >= 0.3 is 0 Å². The number of methoxy groups -OCH3 is 1. The van der Waals surface area contributed by atoms with Gasteiger partial charge in [-0.25, -0.2) is 0 Å². The Labute approximate surface area is 114 Å². The third-order valence-electron chi connectivity index (χ3n) is 3.09. The van der Waals surface area contributed by atoms with Gasteiger partial charge in [-0.3, -0.25) is 4.68 Å². The number of hydrogen-bond acceptors (Lipinski definition) is 3. The van der Waals surface area contributed by atoms with Gasteiger partial charge in [-0.1, -0.05) is 12.1 Å². The van der Waals surface area contributed by atoms with E-state index in [0.717, 1.165) is 23.5 Å². The molecule has 4 heteroatoms. The number of hydrogen-bond donors (Lipinski definition) is 1. The van der Waals surface area contributed by atoms with E-state index in [9.17, 15) is 0 Å². The van der Waals surface area contributed by atoms with Gasteiger partial charge in [0.2, 0.25) is 0 Å². The van der Waals surface area contributed by atoms with E-state index in [1.165, 1.54) is 5.56 Å². The molecule has 0 aliphatic carbocycles. The van der Waals surface area contributed by atoms with E-state index in [-0.39, 0.29) is 0 Å². The molecule has 4 nitrogen and oxygen atoms in total. The Morgan fingerprint density at radius 1 is 1.37 bits per heavy atom. The summed E-state index contributed by atoms with van der Waals surface area (Å²) < 4.78 is 7.20. The summed E-state index contributed by atoms with van der Waals surface area (Å²) in [5.41, 5.74) is 3.43. The maximum Gasteiger partial charge on any atom is 0.121 e. The highest BCUT2D eigenvalue weighted by molar-refractivity contribution is 5.41. The van der Waals surface area contributed by atoms with Crippen LogP contribution in [0.25, 0.3) is 0 Å². The average Bonchev–Trinajstić information content (AvgIpc) is 2.85. The Morgan fingerprint density at radius 2 is 2.16 bits per heavy atom. The molecule has 1 aromatic heterocycles. The van der Waals surface area contributed by atoms with Gasteiger partial charge in [0.1, 0.15) is 5.75 Å². The molecule has 0 fully saturated rings. The Hall–Kier alpha value is -1.97. The normalized spacial score (nSPS) is 10.8. The Morgan fingerprint density at radius 3 is 2.74 bits per heavy atom. The van der Waals surface area contributed by atoms with Crippen molar-refractivity contribution >= 4 is 5.69 Å². The molecule has 0 spiro atoms. The van der Waals surface area contributed by atoms with Crippen LogP contribution in [0.1, 0.15) is 31.0 Å². The fraction of sp³-hybridized carbons (Fsp3) is 0.400. The first-order valence-electron chi connectivity index (χ1n) is 6.51. The maximum absolute atomic E-state index is 5.26. The first-order valence-corrected chi connectivity index (χ1v) is 6.51. The third kappa shape index (κ3) is 3.28. The molecular formula is C15H21N3O. The smallest absolute Gasteiger partial charge is 0.121 e. The van der Waals surface area contributed by atoms with Crippen LogP contribution in [0.5, 0.6) is 5.75 Å². The van der Waals surface area contributed by atoms with Gasteiger partial charge in [0.05, 0.1) is 19.0 Å². The summed E-state index contributed by atoms with van der Waals surface area (Å²) >= 11 is 0. The van der Waals surface area contributed by atoms with E-state index < -0.39 is 0 Å². The lowest BCUT2D eigenvalue weighted by Gasteiger charge is -2.08. The van der Waals surface area contributed by atoms with E-state index in [0.29, 0.717) is 6.04 Å². The van der Waals surface area contributed by atoms with Crippen molar-refractivity contribution < 1.29 is 4.74 Å². The van der Waals surface area contributed by atoms with Gasteiger partial charge in [-0.05, 0) is 38.0 Å². The van der Waals surface area contributed by atoms with E-state index in [4.69, 9.17) is 4.74 Å². The van der Waals surface area contributed by atoms with Gasteiger partial charge in [-0.2, -0.15) is 5.10 Å². The monoisotopic (exact) mass is 259 g/mol. The van der Waals surface area contributed by atoms with Crippen LogP contribution in [0.3, 0.4) is 0 Å². The number of benzene rings is 1. The molecule has 0 saturated carbocycles. The van der Waals surface area contributed by atoms with Gasteiger partial charge < -0.3 is 10.1 Å². The number of nitrogens with zero attached hydrogens (tertiary/aromatic N) is 2. The molecule has 0 radical (unpaired) electrons. The second-order valence-electron chi connectivity index (χ2n) is 4.96. The molecule has 0 amide bonds. The first-order chi connectivity index (χ1) is 9.10. The second kappa shape index (κ2) is 5.78. The van der Waals surface area contributed by atoms with Crippen LogP contribution >= 0.6 is 0 Å². The molecule has 1 aromatic carbocycles. The van der Waals surface area contributed by atoms with Gasteiger partial charge in [0.15, 0.2) is 0 Å². The summed E-state index contributed by atoms with van der Waals surface area (Å²) in [6.07, 6.45) is 3.89. The molecule has 0 unspecified atom stereocenters. The Balaban J connectivity index is 1.99. The molecule has 19 heavy (non-hydrogen) atoms. The molecule has 0 bridgehead atoms. The average molecular weight is 259 g/mol. The summed E-state index contributed by atoms with van der Waals surface area (Å²) in [6, 6.07) is 6.60. The SMILES string of the molecule is COc1ccc(CNc2cnn(C(C)C)c2)cc1C. The Bertz CT molecular complexity index is 546. The van der Waals surface area contributed by atoms with E-state index in [2.05, 4.69) is 43.3 Å². The molecule has 2 rings (SSSR count). The summed E-state index contributed by atoms with van der Waals surface area (Å²) in [5, 5.41) is 7.68. The van der Waals surface area contributed by atoms with Crippen LogP contribution < -0.4 is 10.1 Å². The van der Waals surface area contributed by atoms with E-state index in [1.54, 1.807) is 7.11 Å². The molecule has 0 aliphatic heterocycles. The minimum absolute atomic E-state index is 0.388. The molecule has 1 heterocycles. The van der Waals surface area contributed by atoms with Crippen molar-refractivity contribution in [2.24, 2.45) is 0 Å². The third-order valence-corrected chi connectivity index (χ3v) is 3.09. The molecule has 102 valence electrons. The summed E-state index contributed by atoms with van der Waals surface area (Å²) in [7, 11) is 1.70. The van der Waals surface area contributed by atoms with Crippen LogP contribution in [0, 0.1) is 6.92 Å². The van der Waals surface area contributed by atoms with Crippen LogP contribution in [-0.4, -0.2) is 16.9 Å². The highest BCUT2D eigenvalue weighted by Gasteiger charge is 2.03. The fourth-order valence-corrected chi connectivity index (χ4v) is 1.97. The fourth-order valence-electron chi connectivity index (χ4n) is 1.97. The number of aryl methyl sites for hydroxylation is 1. The van der Waals surface area contributed by atoms with Crippen molar-refractivity contribution in [1.82, 2.24) is 9.78 Å². The topological polar surface area (TPSA) is 39.1 Å². The minimum Gasteiger partial charge on any atom is -0.496 e. The van der Waals surface area contributed by atoms with E-state index in [1.807, 2.05) is 23.1 Å². The van der Waals surface area contributed by atoms with E-state index >= 15 is 0 Å². The van der Waals surface area contributed by atoms with Crippen molar-refractivity contribution in [3.8, 4) is 5.75 Å². The number of anilines is 1. The minimum atomic E-state index is 0.388. The predicted molar refractivity (Wildman–Crippen MR) is 77.7 cm³/mol. The summed E-state index contributed by atoms with van der Waals surface area (Å²) in [5.74, 6) is 0.927. The quantitative estimate of drug-likeness (QED) is 0.894. The van der Waals surface area contributed by atoms with Crippen molar-refractivity contribution in [2.75, 3.05) is 12.4 Å². The van der Waals surface area contributed by atoms with Crippen LogP contribution in [0.4, 0.5) is 5.69 Å². The van der Waals surface area contributed by atoms with Crippen molar-refractivity contribution in [3.63, 3.8) is 0 Å². The maximum atomic E-state index is 5.26. The van der Waals surface area contributed by atoms with Gasteiger partial charge in [0.25, 0.3) is 0 Å². The molecule has 0 saturated heterocycles. The lowest BCUT2D eigenvalue weighted by molar-refractivity contribution is 0.411. The van der Waals surface area contributed by atoms with Crippen LogP contribution in [-0.2, 0) is 6.54 Å². The Kier molecular flexibility index (Phi) is 4.10. The lowest BCUT2D eigenvalue weighted by atomic mass is 10.1. The largest absolute Gasteiger partial charge is 0.496 e. The zero-order chi connectivity index (χ0) is 13.8. The number of rotatable bonds is 5. The summed E-state index contributed by atoms with van der Waals surface area (Å²) in [4.78, 5) is 0. The lowest BCUT2D eigenvalue weighted by Crippen LogP contribution is -2.01. The number of aromatic nitrogens is 2. The zero-order valence-electron chi connectivity index (χ0n) is 12.0. The second-order valence-corrected chi connectivity index (χ2v) is 4.96. The predicted octanol–water partition coefficient (Wildman–Crippen LogP) is 3.39. The summed E-state index contributed by atoms with van der Waals surface area (Å²) in [6.45, 7) is 7.07. The number of ether oxygens (including phenoxy) is 1. The molecular weight excluding hydrogens is 238 g/mol. The molecule has 0 atom stereocenters. The van der Waals surface area contributed by atoms with Gasteiger partial charge in [-0.15, -0.1) is 0 Å². The van der Waals surface area contributed by atoms with Crippen LogP contribution in [0.15, 0.2) is 30.6 Å². The zero-order valence-corrected chi connectivity index (χ0v) is 12.0. The van der Waals surface area contributed by atoms with Crippen molar-refractivity contribution in [1.29, 1.82) is 0 Å². The standard InChI is InChI=1S/C15H21N3O/c1-11(2)18-10-14(9-17-18)16-8-13-5-6-15(19-4)12(3)7-13/h5-7,9-11,16H,8H2,1-4H3. The highest BCUT2D eigenvalue weighted by Crippen LogP contribution is 2.19. The van der Waals surface area contributed by atoms with Crippen LogP contribution in [0.2, 0.25) is 0 Å². The first kappa shape index (κ1) is 13.5. The molecule has 1 N–H and O–H groups in total. The van der Waals surface area contributed by atoms with Crippen molar-refractivity contribution in [2.45, 2.75) is 33.4 Å². The number of nitrogens with one attached hydrogen (secondary N) is 1.